The smallest absolute Gasteiger partial charge is 0.326 e. The summed E-state index contributed by atoms with van der Waals surface area (Å²) >= 11 is 0. The van der Waals surface area contributed by atoms with Crippen molar-refractivity contribution in [1.82, 2.24) is 14.7 Å². The lowest BCUT2D eigenvalue weighted by atomic mass is 9.90. The second-order valence-electron chi connectivity index (χ2n) is 11.4. The van der Waals surface area contributed by atoms with Crippen molar-refractivity contribution in [1.29, 1.82) is 0 Å². The summed E-state index contributed by atoms with van der Waals surface area (Å²) in [7, 11) is 1.50. The Hall–Kier alpha value is -3.76. The van der Waals surface area contributed by atoms with E-state index >= 15 is 0 Å². The number of ketones is 1. The summed E-state index contributed by atoms with van der Waals surface area (Å²) in [5, 5.41) is 10.2. The molecule has 2 amide bonds. The molecule has 1 N–H and O–H groups in total. The van der Waals surface area contributed by atoms with E-state index < -0.39 is 24.0 Å². The van der Waals surface area contributed by atoms with Gasteiger partial charge in [-0.15, -0.1) is 0 Å². The third-order valence-corrected chi connectivity index (χ3v) is 8.54. The van der Waals surface area contributed by atoms with Crippen LogP contribution in [-0.2, 0) is 36.8 Å². The first-order chi connectivity index (χ1) is 20.3. The highest BCUT2D eigenvalue weighted by Gasteiger charge is 2.37. The van der Waals surface area contributed by atoms with E-state index in [9.17, 15) is 24.3 Å². The Balaban J connectivity index is 1.51. The summed E-state index contributed by atoms with van der Waals surface area (Å²) in [6.45, 7) is 3.78. The molecule has 224 valence electrons. The lowest BCUT2D eigenvalue weighted by Gasteiger charge is -2.33. The van der Waals surface area contributed by atoms with Crippen molar-refractivity contribution in [3.05, 3.63) is 59.7 Å². The van der Waals surface area contributed by atoms with E-state index in [1.54, 1.807) is 23.1 Å². The van der Waals surface area contributed by atoms with Crippen LogP contribution in [-0.4, -0.2) is 102 Å². The van der Waals surface area contributed by atoms with Crippen LogP contribution in [0.2, 0.25) is 0 Å². The molecule has 0 aliphatic carbocycles. The number of amides is 2. The molecule has 0 aromatic heterocycles. The van der Waals surface area contributed by atoms with Gasteiger partial charge in [0.15, 0.2) is 5.78 Å². The Morgan fingerprint density at radius 3 is 2.21 bits per heavy atom. The van der Waals surface area contributed by atoms with Gasteiger partial charge in [-0.3, -0.25) is 19.3 Å². The van der Waals surface area contributed by atoms with Gasteiger partial charge in [-0.1, -0.05) is 24.3 Å². The summed E-state index contributed by atoms with van der Waals surface area (Å²) in [4.78, 5) is 58.5. The van der Waals surface area contributed by atoms with Gasteiger partial charge < -0.3 is 24.4 Å². The van der Waals surface area contributed by atoms with Crippen molar-refractivity contribution in [3.63, 3.8) is 0 Å². The number of fused-ring (bicyclic) bond motifs is 4. The Morgan fingerprint density at radius 2 is 1.60 bits per heavy atom. The predicted molar refractivity (Wildman–Crippen MR) is 154 cm³/mol. The van der Waals surface area contributed by atoms with E-state index in [4.69, 9.17) is 9.47 Å². The normalized spacial score (nSPS) is 24.5. The summed E-state index contributed by atoms with van der Waals surface area (Å²) < 4.78 is 11.6. The molecule has 0 radical (unpaired) electrons. The van der Waals surface area contributed by atoms with Gasteiger partial charge in [-0.05, 0) is 54.8 Å². The molecule has 0 saturated carbocycles. The molecular formula is C32H39N3O7. The molecule has 0 spiro atoms. The number of carboxylic acid groups (broad SMARTS) is 1. The molecule has 42 heavy (non-hydrogen) atoms. The monoisotopic (exact) mass is 577 g/mol. The summed E-state index contributed by atoms with van der Waals surface area (Å²) in [6, 6.07) is 12.8. The second kappa shape index (κ2) is 13.5. The molecule has 3 aliphatic rings. The number of rotatable bonds is 5. The van der Waals surface area contributed by atoms with E-state index in [2.05, 4.69) is 4.90 Å². The van der Waals surface area contributed by atoms with E-state index in [1.165, 1.54) is 11.9 Å². The highest BCUT2D eigenvalue weighted by atomic mass is 16.5. The zero-order valence-electron chi connectivity index (χ0n) is 24.1. The number of hydrogen-bond donors (Lipinski definition) is 1. The predicted octanol–water partition coefficient (Wildman–Crippen LogP) is 2.78. The second-order valence-corrected chi connectivity index (χ2v) is 11.4. The molecular weight excluding hydrogens is 538 g/mol. The maximum atomic E-state index is 14.1. The first-order valence-corrected chi connectivity index (χ1v) is 14.8. The number of benzene rings is 2. The van der Waals surface area contributed by atoms with Gasteiger partial charge in [0.2, 0.25) is 11.8 Å². The molecule has 10 nitrogen and oxygen atoms in total. The number of likely N-dealkylation sites (tertiary alicyclic amines) is 1. The van der Waals surface area contributed by atoms with Crippen LogP contribution in [0.5, 0.6) is 11.5 Å². The third-order valence-electron chi connectivity index (χ3n) is 8.54. The van der Waals surface area contributed by atoms with Crippen LogP contribution >= 0.6 is 0 Å². The highest BCUT2D eigenvalue weighted by Crippen LogP contribution is 2.28. The fourth-order valence-electron chi connectivity index (χ4n) is 6.14. The Bertz CT molecular complexity index is 1310. The van der Waals surface area contributed by atoms with Gasteiger partial charge in [0, 0.05) is 58.3 Å². The summed E-state index contributed by atoms with van der Waals surface area (Å²) in [6.07, 6.45) is 1.81. The minimum absolute atomic E-state index is 0.0637. The average Bonchev–Trinajstić information content (AvgIpc) is 3.41. The molecule has 3 aliphatic heterocycles. The lowest BCUT2D eigenvalue weighted by molar-refractivity contribution is -0.151. The van der Waals surface area contributed by atoms with Crippen molar-refractivity contribution in [2.45, 2.75) is 50.6 Å². The number of Topliss-reactive ketones (excluding diaryl/α,β-unsaturated/α-hetero) is 1. The van der Waals surface area contributed by atoms with E-state index in [0.717, 1.165) is 24.2 Å². The van der Waals surface area contributed by atoms with Gasteiger partial charge in [-0.25, -0.2) is 4.79 Å². The lowest BCUT2D eigenvalue weighted by Crippen LogP contribution is -2.49. The van der Waals surface area contributed by atoms with Gasteiger partial charge >= 0.3 is 5.97 Å². The maximum absolute atomic E-state index is 14.1. The van der Waals surface area contributed by atoms with Gasteiger partial charge in [0.25, 0.3) is 0 Å². The van der Waals surface area contributed by atoms with Crippen LogP contribution in [0.15, 0.2) is 48.5 Å². The molecule has 5 rings (SSSR count). The summed E-state index contributed by atoms with van der Waals surface area (Å²) in [5.74, 6) is -1.34. The average molecular weight is 578 g/mol. The van der Waals surface area contributed by atoms with Crippen molar-refractivity contribution < 1.29 is 33.8 Å². The SMILES string of the molecule is CN1C(=O)[C@H](CCN2CCOCC2)CC(=O)[C@@H](N2CCCC2=O)Cc2cccc(c2)Oc2cccc(c2)C[C@H]1C(=O)O. The first-order valence-electron chi connectivity index (χ1n) is 14.8. The molecule has 2 aromatic carbocycles. The molecule has 0 unspecified atom stereocenters. The van der Waals surface area contributed by atoms with Crippen LogP contribution < -0.4 is 4.74 Å². The highest BCUT2D eigenvalue weighted by molar-refractivity contribution is 5.94. The number of nitrogens with zero attached hydrogens (tertiary/aromatic N) is 3. The van der Waals surface area contributed by atoms with Crippen LogP contribution in [0.1, 0.15) is 36.8 Å². The number of hydrogen-bond acceptors (Lipinski definition) is 7. The zero-order valence-corrected chi connectivity index (χ0v) is 24.1. The first kappa shape index (κ1) is 29.7. The van der Waals surface area contributed by atoms with Crippen molar-refractivity contribution in [2.75, 3.05) is 46.4 Å². The molecule has 2 aromatic rings. The van der Waals surface area contributed by atoms with E-state index in [1.807, 2.05) is 30.3 Å². The molecule has 3 atom stereocenters. The van der Waals surface area contributed by atoms with Crippen LogP contribution in [0.4, 0.5) is 0 Å². The topological polar surface area (TPSA) is 117 Å². The van der Waals surface area contributed by atoms with Gasteiger partial charge in [0.05, 0.1) is 19.3 Å². The van der Waals surface area contributed by atoms with Crippen LogP contribution in [0.25, 0.3) is 0 Å². The molecule has 10 heteroatoms. The molecule has 2 fully saturated rings. The number of aliphatic carboxylic acids is 1. The van der Waals surface area contributed by atoms with Crippen LogP contribution in [0.3, 0.4) is 0 Å². The zero-order chi connectivity index (χ0) is 29.6. The van der Waals surface area contributed by atoms with E-state index in [0.29, 0.717) is 63.5 Å². The molecule has 4 bridgehead atoms. The Morgan fingerprint density at radius 1 is 0.929 bits per heavy atom. The number of ether oxygens (including phenoxy) is 2. The number of carboxylic acids is 1. The molecule has 2 saturated heterocycles. The van der Waals surface area contributed by atoms with Crippen LogP contribution in [0, 0.1) is 5.92 Å². The largest absolute Gasteiger partial charge is 0.480 e. The van der Waals surface area contributed by atoms with Crippen molar-refractivity contribution in [2.24, 2.45) is 5.92 Å². The van der Waals surface area contributed by atoms with E-state index in [-0.39, 0.29) is 30.4 Å². The number of likely N-dealkylation sites (N-methyl/N-ethyl adjacent to an activating group) is 1. The summed E-state index contributed by atoms with van der Waals surface area (Å²) in [5.41, 5.74) is 1.57. The number of morpholine rings is 1. The maximum Gasteiger partial charge on any atom is 0.326 e. The minimum Gasteiger partial charge on any atom is -0.480 e. The Kier molecular flexibility index (Phi) is 9.54. The fraction of sp³-hybridized carbons (Fsp3) is 0.500. The number of carbonyl (C=O) groups is 4. The fourth-order valence-corrected chi connectivity index (χ4v) is 6.14. The third kappa shape index (κ3) is 7.17. The van der Waals surface area contributed by atoms with Crippen molar-refractivity contribution >= 4 is 23.6 Å². The quantitative estimate of drug-likeness (QED) is 0.577. The van der Waals surface area contributed by atoms with Gasteiger partial charge in [-0.2, -0.15) is 0 Å². The standard InChI is InChI=1S/C32H39N3O7/c1-33-28(32(39)40)20-23-6-3-8-26(18-23)42-25-7-2-5-22(17-25)19-27(35-11-4-9-30(35)37)29(36)21-24(31(33)38)10-12-34-13-15-41-16-14-34/h2-3,5-8,17-18,24,27-28H,4,9-16,19-21H2,1H3,(H,39,40)/t24-,27+,28+/m1/s1. The molecule has 3 heterocycles. The van der Waals surface area contributed by atoms with Crippen molar-refractivity contribution in [3.8, 4) is 11.5 Å². The Labute approximate surface area is 246 Å². The van der Waals surface area contributed by atoms with Gasteiger partial charge in [0.1, 0.15) is 17.5 Å². The number of carbonyl (C=O) groups excluding carboxylic acids is 3. The minimum atomic E-state index is -1.12.